The van der Waals surface area contributed by atoms with Gasteiger partial charge in [-0.15, -0.1) is 23.1 Å². The summed E-state index contributed by atoms with van der Waals surface area (Å²) >= 11 is 9.27. The number of rotatable bonds is 8. The zero-order chi connectivity index (χ0) is 16.5. The van der Waals surface area contributed by atoms with Gasteiger partial charge in [-0.1, -0.05) is 29.8 Å². The lowest BCUT2D eigenvalue weighted by Gasteiger charge is -2.20. The number of urea groups is 1. The molecule has 0 aliphatic carbocycles. The molecule has 1 aromatic heterocycles. The minimum Gasteiger partial charge on any atom is -0.338 e. The third-order valence-corrected chi connectivity index (χ3v) is 5.57. The summed E-state index contributed by atoms with van der Waals surface area (Å²) in [7, 11) is 0. The van der Waals surface area contributed by atoms with E-state index in [1.807, 2.05) is 49.0 Å². The van der Waals surface area contributed by atoms with Gasteiger partial charge >= 0.3 is 6.03 Å². The largest absolute Gasteiger partial charge is 0.338 e. The predicted octanol–water partition coefficient (Wildman–Crippen LogP) is 5.12. The molecule has 3 nitrogen and oxygen atoms in total. The van der Waals surface area contributed by atoms with Gasteiger partial charge < -0.3 is 10.2 Å². The Morgan fingerprint density at radius 3 is 2.70 bits per heavy atom. The quantitative estimate of drug-likeness (QED) is 0.518. The average molecular weight is 369 g/mol. The summed E-state index contributed by atoms with van der Waals surface area (Å²) in [6.45, 7) is 3.97. The summed E-state index contributed by atoms with van der Waals surface area (Å²) in [6, 6.07) is 14.1. The van der Waals surface area contributed by atoms with E-state index in [1.165, 1.54) is 16.2 Å². The van der Waals surface area contributed by atoms with Crippen LogP contribution in [0.4, 0.5) is 4.79 Å². The second-order valence-electron chi connectivity index (χ2n) is 4.97. The molecule has 1 aromatic carbocycles. The minimum absolute atomic E-state index is 0.0123. The number of hydrogen-bond donors (Lipinski definition) is 1. The zero-order valence-corrected chi connectivity index (χ0v) is 15.5. The van der Waals surface area contributed by atoms with Gasteiger partial charge in [-0.3, -0.25) is 0 Å². The Bertz CT molecular complexity index is 604. The van der Waals surface area contributed by atoms with Crippen molar-refractivity contribution in [3.63, 3.8) is 0 Å². The Kier molecular flexibility index (Phi) is 7.79. The predicted molar refractivity (Wildman–Crippen MR) is 101 cm³/mol. The Hall–Kier alpha value is -1.17. The molecule has 124 valence electrons. The second kappa shape index (κ2) is 9.85. The summed E-state index contributed by atoms with van der Waals surface area (Å²) in [5, 5.41) is 2.99. The lowest BCUT2D eigenvalue weighted by molar-refractivity contribution is 0.198. The van der Waals surface area contributed by atoms with Gasteiger partial charge in [0, 0.05) is 22.9 Å². The molecule has 0 saturated heterocycles. The Balaban J connectivity index is 1.66. The van der Waals surface area contributed by atoms with E-state index in [2.05, 4.69) is 17.4 Å². The maximum Gasteiger partial charge on any atom is 0.317 e. The first-order valence-corrected chi connectivity index (χ1v) is 9.82. The van der Waals surface area contributed by atoms with Crippen LogP contribution in [0.15, 0.2) is 47.4 Å². The van der Waals surface area contributed by atoms with Gasteiger partial charge in [0.25, 0.3) is 0 Å². The first-order valence-electron chi connectivity index (χ1n) is 7.64. The van der Waals surface area contributed by atoms with E-state index in [1.54, 1.807) is 4.90 Å². The number of nitrogens with one attached hydrogen (secondary N) is 1. The van der Waals surface area contributed by atoms with Gasteiger partial charge in [-0.2, -0.15) is 0 Å². The zero-order valence-electron chi connectivity index (χ0n) is 13.1. The fourth-order valence-corrected chi connectivity index (χ4v) is 4.02. The Morgan fingerprint density at radius 2 is 2.04 bits per heavy atom. The highest BCUT2D eigenvalue weighted by molar-refractivity contribution is 7.99. The van der Waals surface area contributed by atoms with Crippen molar-refractivity contribution < 1.29 is 4.79 Å². The minimum atomic E-state index is -0.0123. The normalized spacial score (nSPS) is 10.5. The van der Waals surface area contributed by atoms with Crippen LogP contribution < -0.4 is 5.32 Å². The molecule has 0 spiro atoms. The van der Waals surface area contributed by atoms with Crippen molar-refractivity contribution in [1.29, 1.82) is 0 Å². The van der Waals surface area contributed by atoms with Gasteiger partial charge in [-0.25, -0.2) is 4.79 Å². The van der Waals surface area contributed by atoms with Gasteiger partial charge in [0.05, 0.1) is 10.9 Å². The molecule has 1 N–H and O–H groups in total. The van der Waals surface area contributed by atoms with Crippen LogP contribution in [0.1, 0.15) is 18.2 Å². The van der Waals surface area contributed by atoms with E-state index in [9.17, 15) is 4.79 Å². The molecule has 6 heteroatoms. The van der Waals surface area contributed by atoms with Crippen molar-refractivity contribution in [3.05, 3.63) is 51.7 Å². The van der Waals surface area contributed by atoms with Crippen molar-refractivity contribution in [2.75, 3.05) is 18.8 Å². The number of carbonyl (C=O) groups excluding carboxylic acids is 1. The summed E-state index contributed by atoms with van der Waals surface area (Å²) in [5.41, 5.74) is 0. The number of halogens is 1. The van der Waals surface area contributed by atoms with Gasteiger partial charge in [0.15, 0.2) is 0 Å². The molecule has 0 aliphatic rings. The molecular formula is C17H21ClN2OS2. The number of thiophene rings is 1. The van der Waals surface area contributed by atoms with Crippen LogP contribution in [0, 0.1) is 0 Å². The summed E-state index contributed by atoms with van der Waals surface area (Å²) in [5.74, 6) is 0.997. The molecule has 2 amide bonds. The topological polar surface area (TPSA) is 32.3 Å². The van der Waals surface area contributed by atoms with Gasteiger partial charge in [0.1, 0.15) is 0 Å². The number of benzene rings is 1. The van der Waals surface area contributed by atoms with Crippen LogP contribution in [0.2, 0.25) is 4.34 Å². The summed E-state index contributed by atoms with van der Waals surface area (Å²) < 4.78 is 0.759. The molecule has 2 aromatic rings. The van der Waals surface area contributed by atoms with Crippen molar-refractivity contribution in [2.24, 2.45) is 0 Å². The van der Waals surface area contributed by atoms with E-state index in [4.69, 9.17) is 11.6 Å². The van der Waals surface area contributed by atoms with E-state index in [0.717, 1.165) is 21.4 Å². The molecule has 0 atom stereocenters. The smallest absolute Gasteiger partial charge is 0.317 e. The van der Waals surface area contributed by atoms with Crippen LogP contribution >= 0.6 is 34.7 Å². The van der Waals surface area contributed by atoms with Crippen molar-refractivity contribution >= 4 is 40.7 Å². The number of amides is 2. The summed E-state index contributed by atoms with van der Waals surface area (Å²) in [4.78, 5) is 16.4. The van der Waals surface area contributed by atoms with Crippen LogP contribution in [-0.4, -0.2) is 29.8 Å². The van der Waals surface area contributed by atoms with Crippen molar-refractivity contribution in [1.82, 2.24) is 10.2 Å². The molecule has 2 rings (SSSR count). The fourth-order valence-electron chi connectivity index (χ4n) is 2.04. The Morgan fingerprint density at radius 1 is 1.26 bits per heavy atom. The summed E-state index contributed by atoms with van der Waals surface area (Å²) in [6.07, 6.45) is 0.952. The highest BCUT2D eigenvalue weighted by Crippen LogP contribution is 2.22. The van der Waals surface area contributed by atoms with Crippen LogP contribution in [0.5, 0.6) is 0 Å². The lowest BCUT2D eigenvalue weighted by atomic mass is 10.4. The van der Waals surface area contributed by atoms with E-state index in [-0.39, 0.29) is 6.03 Å². The highest BCUT2D eigenvalue weighted by Gasteiger charge is 2.12. The van der Waals surface area contributed by atoms with Crippen LogP contribution in [0.25, 0.3) is 0 Å². The van der Waals surface area contributed by atoms with Crippen LogP contribution in [-0.2, 0) is 6.54 Å². The maximum absolute atomic E-state index is 12.2. The molecule has 0 bridgehead atoms. The molecule has 0 fully saturated rings. The fraction of sp³-hybridized carbons (Fsp3) is 0.353. The monoisotopic (exact) mass is 368 g/mol. The molecule has 23 heavy (non-hydrogen) atoms. The second-order valence-corrected chi connectivity index (χ2v) is 7.93. The molecule has 1 heterocycles. The molecule has 0 saturated carbocycles. The number of hydrogen-bond acceptors (Lipinski definition) is 3. The van der Waals surface area contributed by atoms with Crippen LogP contribution in [0.3, 0.4) is 0 Å². The SMILES string of the molecule is CCN(Cc1ccc(Cl)s1)C(=O)NCCCSc1ccccc1. The van der Waals surface area contributed by atoms with E-state index < -0.39 is 0 Å². The number of nitrogens with zero attached hydrogens (tertiary/aromatic N) is 1. The molecule has 0 unspecified atom stereocenters. The first kappa shape index (κ1) is 18.2. The molecule has 0 aliphatic heterocycles. The standard InChI is InChI=1S/C17H21ClN2OS2/c1-2-20(13-15-9-10-16(18)23-15)17(21)19-11-6-12-22-14-7-4-3-5-8-14/h3-5,7-10H,2,6,11-13H2,1H3,(H,19,21). The highest BCUT2D eigenvalue weighted by atomic mass is 35.5. The lowest BCUT2D eigenvalue weighted by Crippen LogP contribution is -2.39. The Labute approximate surface area is 151 Å². The third kappa shape index (κ3) is 6.45. The van der Waals surface area contributed by atoms with E-state index in [0.29, 0.717) is 19.6 Å². The van der Waals surface area contributed by atoms with Crippen molar-refractivity contribution in [3.8, 4) is 0 Å². The van der Waals surface area contributed by atoms with E-state index >= 15 is 0 Å². The molecule has 0 radical (unpaired) electrons. The van der Waals surface area contributed by atoms with Gasteiger partial charge in [0.2, 0.25) is 0 Å². The van der Waals surface area contributed by atoms with Gasteiger partial charge in [-0.05, 0) is 43.4 Å². The molecular weight excluding hydrogens is 348 g/mol. The van der Waals surface area contributed by atoms with Crippen molar-refractivity contribution in [2.45, 2.75) is 24.8 Å². The maximum atomic E-state index is 12.2. The average Bonchev–Trinajstić information content (AvgIpc) is 2.98. The number of thioether (sulfide) groups is 1. The first-order chi connectivity index (χ1) is 11.2. The number of carbonyl (C=O) groups is 1. The third-order valence-electron chi connectivity index (χ3n) is 3.25.